The van der Waals surface area contributed by atoms with Gasteiger partial charge in [-0.3, -0.25) is 0 Å². The molecule has 45 heavy (non-hydrogen) atoms. The summed E-state index contributed by atoms with van der Waals surface area (Å²) in [6.45, 7) is 14.0. The largest absolute Gasteiger partial charge is 0.365 e. The Kier molecular flexibility index (Phi) is 22.4. The summed E-state index contributed by atoms with van der Waals surface area (Å²) in [5, 5.41) is 0. The fraction of sp³-hybridized carbons (Fsp3) is 0.727. The number of aryl methyl sites for hydroxylation is 2. The van der Waals surface area contributed by atoms with Crippen LogP contribution in [0.1, 0.15) is 204 Å². The molecule has 0 aromatic heterocycles. The van der Waals surface area contributed by atoms with Gasteiger partial charge in [-0.05, 0) is 72.6 Å². The first-order chi connectivity index (χ1) is 22.1. The number of hydrogen-bond acceptors (Lipinski definition) is 1. The summed E-state index contributed by atoms with van der Waals surface area (Å²) in [7, 11) is 0. The third-order valence-corrected chi connectivity index (χ3v) is 10.3. The van der Waals surface area contributed by atoms with Gasteiger partial charge < -0.3 is 4.74 Å². The zero-order valence-electron chi connectivity index (χ0n) is 30.9. The van der Waals surface area contributed by atoms with Gasteiger partial charge in [-0.25, -0.2) is 0 Å². The molecular weight excluding hydrogens is 544 g/mol. The summed E-state index contributed by atoms with van der Waals surface area (Å²) in [4.78, 5) is 0. The van der Waals surface area contributed by atoms with Crippen molar-refractivity contribution in [1.29, 1.82) is 0 Å². The van der Waals surface area contributed by atoms with Gasteiger partial charge in [0.15, 0.2) is 0 Å². The summed E-state index contributed by atoms with van der Waals surface area (Å²) in [6, 6.07) is 19.3. The Morgan fingerprint density at radius 3 is 1.07 bits per heavy atom. The molecular formula is C44H74O. The van der Waals surface area contributed by atoms with E-state index < -0.39 is 0 Å². The zero-order valence-corrected chi connectivity index (χ0v) is 30.9. The number of rotatable bonds is 28. The molecule has 1 nitrogen and oxygen atoms in total. The number of hydrogen-bond donors (Lipinski definition) is 0. The first kappa shape index (κ1) is 39.6. The smallest absolute Gasteiger partial charge is 0.0861 e. The maximum Gasteiger partial charge on any atom is 0.0861 e. The van der Waals surface area contributed by atoms with Gasteiger partial charge in [-0.2, -0.15) is 0 Å². The molecule has 0 aliphatic rings. The molecule has 0 aliphatic carbocycles. The average Bonchev–Trinajstić information content (AvgIpc) is 3.07. The molecule has 2 aromatic carbocycles. The van der Waals surface area contributed by atoms with Crippen molar-refractivity contribution in [2.24, 2.45) is 11.8 Å². The van der Waals surface area contributed by atoms with Crippen LogP contribution in [-0.4, -0.2) is 0 Å². The standard InChI is InChI=1S/C44H74O/c1-7-13-17-19-21-23-25-37-29-33-41(34-30-37)43(39(11-5)27-15-9-3)45-44(40(12-6)28-16-10-4)42-35-31-38(32-36-42)26-24-22-20-18-14-8-2/h29-36,39-40,43-44H,7-28H2,1-6H3. The van der Waals surface area contributed by atoms with Gasteiger partial charge in [0, 0.05) is 0 Å². The van der Waals surface area contributed by atoms with Crippen molar-refractivity contribution in [3.8, 4) is 0 Å². The van der Waals surface area contributed by atoms with Crippen LogP contribution in [0, 0.1) is 11.8 Å². The van der Waals surface area contributed by atoms with Crippen LogP contribution in [0.5, 0.6) is 0 Å². The Balaban J connectivity index is 2.25. The molecule has 0 saturated heterocycles. The van der Waals surface area contributed by atoms with Gasteiger partial charge in [0.1, 0.15) is 0 Å². The van der Waals surface area contributed by atoms with Crippen molar-refractivity contribution < 1.29 is 4.74 Å². The zero-order chi connectivity index (χ0) is 32.5. The summed E-state index contributed by atoms with van der Waals surface area (Å²) >= 11 is 0. The van der Waals surface area contributed by atoms with Crippen molar-refractivity contribution in [1.82, 2.24) is 0 Å². The van der Waals surface area contributed by atoms with Gasteiger partial charge >= 0.3 is 0 Å². The van der Waals surface area contributed by atoms with Crippen LogP contribution >= 0.6 is 0 Å². The van der Waals surface area contributed by atoms with E-state index in [4.69, 9.17) is 4.74 Å². The predicted octanol–water partition coefficient (Wildman–Crippen LogP) is 14.7. The molecule has 4 atom stereocenters. The van der Waals surface area contributed by atoms with E-state index in [9.17, 15) is 0 Å². The lowest BCUT2D eigenvalue weighted by atomic mass is 9.85. The van der Waals surface area contributed by atoms with Gasteiger partial charge in [0.2, 0.25) is 0 Å². The van der Waals surface area contributed by atoms with E-state index in [1.54, 1.807) is 0 Å². The molecule has 2 rings (SSSR count). The number of ether oxygens (including phenoxy) is 1. The van der Waals surface area contributed by atoms with Crippen LogP contribution < -0.4 is 0 Å². The Bertz CT molecular complexity index is 851. The van der Waals surface area contributed by atoms with Gasteiger partial charge in [-0.1, -0.05) is 193 Å². The Morgan fingerprint density at radius 2 is 0.733 bits per heavy atom. The van der Waals surface area contributed by atoms with Crippen LogP contribution in [0.3, 0.4) is 0 Å². The molecule has 0 amide bonds. The van der Waals surface area contributed by atoms with Gasteiger partial charge in [-0.15, -0.1) is 0 Å². The van der Waals surface area contributed by atoms with Crippen LogP contribution in [-0.2, 0) is 17.6 Å². The topological polar surface area (TPSA) is 9.23 Å². The number of unbranched alkanes of at least 4 members (excludes halogenated alkanes) is 12. The summed E-state index contributed by atoms with van der Waals surface area (Å²) in [6.07, 6.45) is 28.9. The van der Waals surface area contributed by atoms with Crippen molar-refractivity contribution >= 4 is 0 Å². The second-order valence-corrected chi connectivity index (χ2v) is 14.1. The lowest BCUT2D eigenvalue weighted by molar-refractivity contribution is -0.0793. The highest BCUT2D eigenvalue weighted by atomic mass is 16.5. The molecule has 0 N–H and O–H groups in total. The van der Waals surface area contributed by atoms with E-state index in [1.165, 1.54) is 164 Å². The Hall–Kier alpha value is -1.60. The highest BCUT2D eigenvalue weighted by Gasteiger charge is 2.30. The minimum Gasteiger partial charge on any atom is -0.365 e. The number of benzene rings is 2. The molecule has 0 spiro atoms. The van der Waals surface area contributed by atoms with Crippen molar-refractivity contribution in [2.45, 2.75) is 195 Å². The van der Waals surface area contributed by atoms with Gasteiger partial charge in [0.05, 0.1) is 12.2 Å². The SMILES string of the molecule is CCCCCCCCc1ccc(C(OC(c2ccc(CCCCCCCC)cc2)C(CC)CCCC)C(CC)CCCC)cc1. The van der Waals surface area contributed by atoms with Crippen molar-refractivity contribution in [3.05, 3.63) is 70.8 Å². The average molecular weight is 619 g/mol. The lowest BCUT2D eigenvalue weighted by Gasteiger charge is -2.35. The highest BCUT2D eigenvalue weighted by Crippen LogP contribution is 2.42. The van der Waals surface area contributed by atoms with E-state index in [-0.39, 0.29) is 12.2 Å². The van der Waals surface area contributed by atoms with Crippen LogP contribution in [0.4, 0.5) is 0 Å². The molecule has 0 aliphatic heterocycles. The highest BCUT2D eigenvalue weighted by molar-refractivity contribution is 5.27. The quantitative estimate of drug-likeness (QED) is 0.0862. The lowest BCUT2D eigenvalue weighted by Crippen LogP contribution is -2.23. The van der Waals surface area contributed by atoms with E-state index in [1.807, 2.05) is 0 Å². The minimum atomic E-state index is 0.146. The Labute approximate surface area is 281 Å². The first-order valence-corrected chi connectivity index (χ1v) is 19.9. The molecule has 256 valence electrons. The van der Waals surface area contributed by atoms with Crippen LogP contribution in [0.2, 0.25) is 0 Å². The second-order valence-electron chi connectivity index (χ2n) is 14.1. The third kappa shape index (κ3) is 15.7. The Morgan fingerprint density at radius 1 is 0.400 bits per heavy atom. The van der Waals surface area contributed by atoms with Crippen LogP contribution in [0.25, 0.3) is 0 Å². The van der Waals surface area contributed by atoms with Gasteiger partial charge in [0.25, 0.3) is 0 Å². The molecule has 0 saturated carbocycles. The van der Waals surface area contributed by atoms with E-state index in [0.29, 0.717) is 11.8 Å². The molecule has 0 fully saturated rings. The third-order valence-electron chi connectivity index (χ3n) is 10.3. The van der Waals surface area contributed by atoms with E-state index >= 15 is 0 Å². The van der Waals surface area contributed by atoms with E-state index in [0.717, 1.165) is 0 Å². The maximum atomic E-state index is 7.47. The van der Waals surface area contributed by atoms with Crippen LogP contribution in [0.15, 0.2) is 48.5 Å². The molecule has 0 bridgehead atoms. The second kappa shape index (κ2) is 25.5. The van der Waals surface area contributed by atoms with Crippen molar-refractivity contribution in [2.75, 3.05) is 0 Å². The molecule has 0 radical (unpaired) electrons. The fourth-order valence-corrected chi connectivity index (χ4v) is 7.12. The normalized spacial score (nSPS) is 14.4. The first-order valence-electron chi connectivity index (χ1n) is 19.9. The van der Waals surface area contributed by atoms with E-state index in [2.05, 4.69) is 90.1 Å². The molecule has 0 heterocycles. The fourth-order valence-electron chi connectivity index (χ4n) is 7.12. The van der Waals surface area contributed by atoms with Crippen molar-refractivity contribution in [3.63, 3.8) is 0 Å². The molecule has 1 heteroatoms. The minimum absolute atomic E-state index is 0.146. The summed E-state index contributed by atoms with van der Waals surface area (Å²) in [5.41, 5.74) is 5.75. The summed E-state index contributed by atoms with van der Waals surface area (Å²) in [5.74, 6) is 1.10. The maximum absolute atomic E-state index is 7.47. The summed E-state index contributed by atoms with van der Waals surface area (Å²) < 4.78 is 7.47. The predicted molar refractivity (Wildman–Crippen MR) is 200 cm³/mol. The molecule has 4 unspecified atom stereocenters. The monoisotopic (exact) mass is 619 g/mol. The molecule has 2 aromatic rings.